The average Bonchev–Trinajstić information content (AvgIpc) is 3.49. The second-order valence-electron chi connectivity index (χ2n) is 8.87. The summed E-state index contributed by atoms with van der Waals surface area (Å²) < 4.78 is 2.31. The molecule has 3 aromatic heterocycles. The maximum atomic E-state index is 12.7. The number of likely N-dealkylation sites (tertiary alicyclic amines) is 1. The molecule has 1 fully saturated rings. The van der Waals surface area contributed by atoms with E-state index in [0.29, 0.717) is 12.3 Å². The standard InChI is InChI=1S/C26H29N5O/c1-19-2-4-20(5-3-19)6-9-26(32)30-13-10-21(11-14-30)18-31-15-12-24-25(31)8-7-23(29-24)22-16-27-28-17-22/h2-5,7-8,12,15-17,21H,6,9-11,13-14,18H2,1H3,(H,27,28). The van der Waals surface area contributed by atoms with E-state index in [-0.39, 0.29) is 5.91 Å². The van der Waals surface area contributed by atoms with Gasteiger partial charge in [0.05, 0.1) is 22.9 Å². The summed E-state index contributed by atoms with van der Waals surface area (Å²) in [5.74, 6) is 0.867. The SMILES string of the molecule is Cc1ccc(CCC(=O)N2CCC(Cn3ccc4nc(-c5cn[nH]c5)ccc43)CC2)cc1. The van der Waals surface area contributed by atoms with Crippen LogP contribution in [0.4, 0.5) is 0 Å². The number of amides is 1. The summed E-state index contributed by atoms with van der Waals surface area (Å²) in [6, 6.07) is 14.8. The van der Waals surface area contributed by atoms with E-state index in [1.165, 1.54) is 11.1 Å². The van der Waals surface area contributed by atoms with Gasteiger partial charge in [0.1, 0.15) is 0 Å². The number of nitrogens with zero attached hydrogens (tertiary/aromatic N) is 4. The Labute approximate surface area is 188 Å². The van der Waals surface area contributed by atoms with Crippen molar-refractivity contribution in [3.05, 3.63) is 72.2 Å². The number of carbonyl (C=O) groups is 1. The highest BCUT2D eigenvalue weighted by molar-refractivity contribution is 5.79. The van der Waals surface area contributed by atoms with Gasteiger partial charge in [-0.25, -0.2) is 4.98 Å². The van der Waals surface area contributed by atoms with Crippen LogP contribution in [-0.4, -0.2) is 43.6 Å². The zero-order chi connectivity index (χ0) is 21.9. The molecule has 0 unspecified atom stereocenters. The van der Waals surface area contributed by atoms with Crippen LogP contribution in [0, 0.1) is 12.8 Å². The van der Waals surface area contributed by atoms with Gasteiger partial charge in [0, 0.05) is 44.0 Å². The van der Waals surface area contributed by atoms with E-state index in [4.69, 9.17) is 4.98 Å². The fourth-order valence-corrected chi connectivity index (χ4v) is 4.59. The van der Waals surface area contributed by atoms with Gasteiger partial charge in [-0.2, -0.15) is 5.10 Å². The summed E-state index contributed by atoms with van der Waals surface area (Å²) in [6.45, 7) is 4.78. The number of aryl methyl sites for hydroxylation is 2. The Hall–Kier alpha value is -3.41. The van der Waals surface area contributed by atoms with Gasteiger partial charge in [-0.1, -0.05) is 29.8 Å². The summed E-state index contributed by atoms with van der Waals surface area (Å²) in [5.41, 5.74) is 6.59. The molecule has 1 saturated heterocycles. The third-order valence-electron chi connectivity index (χ3n) is 6.59. The Kier molecular flexibility index (Phi) is 5.75. The molecule has 164 valence electrons. The number of pyridine rings is 1. The van der Waals surface area contributed by atoms with Crippen LogP contribution in [0.3, 0.4) is 0 Å². The molecular weight excluding hydrogens is 398 g/mol. The molecule has 1 N–H and O–H groups in total. The van der Waals surface area contributed by atoms with E-state index in [0.717, 1.165) is 61.2 Å². The number of hydrogen-bond donors (Lipinski definition) is 1. The minimum atomic E-state index is 0.284. The zero-order valence-electron chi connectivity index (χ0n) is 18.5. The molecule has 0 atom stereocenters. The molecular formula is C26H29N5O. The van der Waals surface area contributed by atoms with E-state index in [1.807, 2.05) is 6.20 Å². The first kappa shape index (κ1) is 20.5. The van der Waals surface area contributed by atoms with Crippen molar-refractivity contribution in [2.75, 3.05) is 13.1 Å². The quantitative estimate of drug-likeness (QED) is 0.489. The van der Waals surface area contributed by atoms with Crippen LogP contribution >= 0.6 is 0 Å². The summed E-state index contributed by atoms with van der Waals surface area (Å²) in [5, 5.41) is 6.85. The van der Waals surface area contributed by atoms with Gasteiger partial charge < -0.3 is 9.47 Å². The number of H-pyrrole nitrogens is 1. The van der Waals surface area contributed by atoms with Crippen LogP contribution in [0.25, 0.3) is 22.3 Å². The lowest BCUT2D eigenvalue weighted by Gasteiger charge is -2.32. The van der Waals surface area contributed by atoms with Crippen molar-refractivity contribution >= 4 is 16.9 Å². The molecule has 0 aliphatic carbocycles. The summed E-state index contributed by atoms with van der Waals surface area (Å²) in [6.07, 6.45) is 9.31. The lowest BCUT2D eigenvalue weighted by molar-refractivity contribution is -0.132. The van der Waals surface area contributed by atoms with Gasteiger partial charge in [-0.3, -0.25) is 9.89 Å². The highest BCUT2D eigenvalue weighted by Gasteiger charge is 2.23. The van der Waals surface area contributed by atoms with Crippen molar-refractivity contribution in [1.29, 1.82) is 0 Å². The molecule has 1 amide bonds. The molecule has 6 heteroatoms. The first-order chi connectivity index (χ1) is 15.7. The predicted molar refractivity (Wildman–Crippen MR) is 126 cm³/mol. The molecule has 0 spiro atoms. The number of hydrogen-bond acceptors (Lipinski definition) is 3. The molecule has 4 aromatic rings. The molecule has 32 heavy (non-hydrogen) atoms. The van der Waals surface area contributed by atoms with Gasteiger partial charge >= 0.3 is 0 Å². The molecule has 1 aliphatic rings. The molecule has 1 aliphatic heterocycles. The van der Waals surface area contributed by atoms with Crippen molar-refractivity contribution in [2.24, 2.45) is 5.92 Å². The number of carbonyl (C=O) groups excluding carboxylic acids is 1. The first-order valence-electron chi connectivity index (χ1n) is 11.4. The van der Waals surface area contributed by atoms with Crippen LogP contribution in [-0.2, 0) is 17.8 Å². The number of aromatic nitrogens is 4. The van der Waals surface area contributed by atoms with Gasteiger partial charge in [-0.05, 0) is 55.9 Å². The van der Waals surface area contributed by atoms with Crippen LogP contribution in [0.5, 0.6) is 0 Å². The Morgan fingerprint density at radius 2 is 1.91 bits per heavy atom. The maximum absolute atomic E-state index is 12.7. The molecule has 0 radical (unpaired) electrons. The lowest BCUT2D eigenvalue weighted by atomic mass is 9.96. The van der Waals surface area contributed by atoms with Crippen molar-refractivity contribution in [3.63, 3.8) is 0 Å². The molecule has 4 heterocycles. The van der Waals surface area contributed by atoms with E-state index < -0.39 is 0 Å². The summed E-state index contributed by atoms with van der Waals surface area (Å²) in [4.78, 5) is 19.5. The minimum absolute atomic E-state index is 0.284. The smallest absolute Gasteiger partial charge is 0.222 e. The van der Waals surface area contributed by atoms with Crippen molar-refractivity contribution in [1.82, 2.24) is 24.6 Å². The Morgan fingerprint density at radius 3 is 2.66 bits per heavy atom. The molecule has 0 bridgehead atoms. The van der Waals surface area contributed by atoms with Crippen LogP contribution in [0.15, 0.2) is 61.1 Å². The van der Waals surface area contributed by atoms with Gasteiger partial charge in [0.2, 0.25) is 5.91 Å². The fourth-order valence-electron chi connectivity index (χ4n) is 4.59. The number of rotatable bonds is 6. The van der Waals surface area contributed by atoms with Crippen LogP contribution in [0.1, 0.15) is 30.4 Å². The lowest BCUT2D eigenvalue weighted by Crippen LogP contribution is -2.39. The Bertz CT molecular complexity index is 1180. The highest BCUT2D eigenvalue weighted by atomic mass is 16.2. The average molecular weight is 428 g/mol. The van der Waals surface area contributed by atoms with Crippen LogP contribution < -0.4 is 0 Å². The third kappa shape index (κ3) is 4.44. The second kappa shape index (κ2) is 8.99. The minimum Gasteiger partial charge on any atom is -0.346 e. The highest BCUT2D eigenvalue weighted by Crippen LogP contribution is 2.25. The predicted octanol–water partition coefficient (Wildman–Crippen LogP) is 4.61. The van der Waals surface area contributed by atoms with Gasteiger partial charge in [0.25, 0.3) is 0 Å². The van der Waals surface area contributed by atoms with Crippen LogP contribution in [0.2, 0.25) is 0 Å². The van der Waals surface area contributed by atoms with Crippen molar-refractivity contribution < 1.29 is 4.79 Å². The van der Waals surface area contributed by atoms with E-state index in [9.17, 15) is 4.79 Å². The summed E-state index contributed by atoms with van der Waals surface area (Å²) in [7, 11) is 0. The third-order valence-corrected chi connectivity index (χ3v) is 6.59. The summed E-state index contributed by atoms with van der Waals surface area (Å²) >= 11 is 0. The topological polar surface area (TPSA) is 66.8 Å². The number of aromatic amines is 1. The maximum Gasteiger partial charge on any atom is 0.222 e. The molecule has 1 aromatic carbocycles. The largest absolute Gasteiger partial charge is 0.346 e. The Morgan fingerprint density at radius 1 is 1.09 bits per heavy atom. The first-order valence-corrected chi connectivity index (χ1v) is 11.4. The Balaban J connectivity index is 1.15. The number of fused-ring (bicyclic) bond motifs is 1. The monoisotopic (exact) mass is 427 g/mol. The molecule has 0 saturated carbocycles. The van der Waals surface area contributed by atoms with Crippen molar-refractivity contribution in [3.8, 4) is 11.3 Å². The molecule has 5 rings (SSSR count). The number of piperidine rings is 1. The normalized spacial score (nSPS) is 14.8. The van der Waals surface area contributed by atoms with E-state index in [2.05, 4.69) is 75.2 Å². The molecule has 6 nitrogen and oxygen atoms in total. The zero-order valence-corrected chi connectivity index (χ0v) is 18.5. The van der Waals surface area contributed by atoms with Crippen molar-refractivity contribution in [2.45, 2.75) is 39.2 Å². The number of nitrogens with one attached hydrogen (secondary N) is 1. The van der Waals surface area contributed by atoms with E-state index >= 15 is 0 Å². The number of benzene rings is 1. The van der Waals surface area contributed by atoms with Gasteiger partial charge in [0.15, 0.2) is 0 Å². The second-order valence-corrected chi connectivity index (χ2v) is 8.87. The van der Waals surface area contributed by atoms with Gasteiger partial charge in [-0.15, -0.1) is 0 Å². The van der Waals surface area contributed by atoms with E-state index in [1.54, 1.807) is 6.20 Å². The fraction of sp³-hybridized carbons (Fsp3) is 0.346.